The Hall–Kier alpha value is -9.79. The van der Waals surface area contributed by atoms with Crippen molar-refractivity contribution < 1.29 is 28.7 Å². The summed E-state index contributed by atoms with van der Waals surface area (Å²) < 4.78 is 10.9. The zero-order valence-electron chi connectivity index (χ0n) is 45.7. The van der Waals surface area contributed by atoms with Gasteiger partial charge in [-0.15, -0.1) is 20.4 Å². The summed E-state index contributed by atoms with van der Waals surface area (Å²) in [5.74, 6) is -0.771. The van der Waals surface area contributed by atoms with Gasteiger partial charge in [-0.1, -0.05) is 157 Å². The van der Waals surface area contributed by atoms with Gasteiger partial charge in [0.05, 0.1) is 24.3 Å². The van der Waals surface area contributed by atoms with Gasteiger partial charge in [0.25, 0.3) is 0 Å². The van der Waals surface area contributed by atoms with Crippen molar-refractivity contribution in [2.75, 3.05) is 13.2 Å². The third kappa shape index (κ3) is 9.46. The predicted molar refractivity (Wildman–Crippen MR) is 339 cm³/mol. The van der Waals surface area contributed by atoms with E-state index in [4.69, 9.17) is 29.9 Å². The highest BCUT2D eigenvalue weighted by Crippen LogP contribution is 2.46. The number of carbonyl (C=O) groups excluding carboxylic acids is 4. The molecule has 0 saturated carbocycles. The maximum atomic E-state index is 14.3. The molecule has 10 aromatic rings. The Morgan fingerprint density at radius 1 is 0.294 bits per heavy atom. The molecule has 85 heavy (non-hydrogen) atoms. The number of thioether (sulfide) groups is 2. The van der Waals surface area contributed by atoms with E-state index < -0.39 is 0 Å². The van der Waals surface area contributed by atoms with Gasteiger partial charge in [0.2, 0.25) is 10.2 Å². The predicted octanol–water partition coefficient (Wildman–Crippen LogP) is 16.6. The number of rotatable bonds is 12. The summed E-state index contributed by atoms with van der Waals surface area (Å²) in [5, 5.41) is 19.5. The van der Waals surface area contributed by atoms with Gasteiger partial charge < -0.3 is 9.47 Å². The smallest absolute Gasteiger partial charge is 0.338 e. The topological polar surface area (TPSA) is 136 Å². The number of carbonyl (C=O) groups is 4. The molecule has 0 atom stereocenters. The third-order valence-corrected chi connectivity index (χ3v) is 18.2. The molecular weight excluding hydrogens is 1110 g/mol. The van der Waals surface area contributed by atoms with Crippen LogP contribution >= 0.6 is 35.3 Å². The summed E-state index contributed by atoms with van der Waals surface area (Å²) in [6.45, 7) is 4.13. The van der Waals surface area contributed by atoms with E-state index in [-0.39, 0.29) is 35.4 Å². The molecule has 0 heterocycles. The quantitative estimate of drug-likeness (QED) is 0.0665. The first-order valence-corrected chi connectivity index (χ1v) is 30.1. The van der Waals surface area contributed by atoms with E-state index in [2.05, 4.69) is 0 Å². The molecule has 4 aliphatic carbocycles. The van der Waals surface area contributed by atoms with E-state index in [0.29, 0.717) is 45.1 Å². The number of hydrogen-bond acceptors (Lipinski definition) is 13. The van der Waals surface area contributed by atoms with Gasteiger partial charge in [0.1, 0.15) is 22.8 Å². The molecule has 4 aliphatic rings. The fourth-order valence-corrected chi connectivity index (χ4v) is 14.1. The highest BCUT2D eigenvalue weighted by atomic mass is 32.2. The number of fused-ring (bicyclic) bond motifs is 12. The van der Waals surface area contributed by atoms with Crippen LogP contribution in [0.1, 0.15) is 99.8 Å². The highest BCUT2D eigenvalue weighted by Gasteiger charge is 2.35. The van der Waals surface area contributed by atoms with Crippen molar-refractivity contribution in [2.24, 2.45) is 20.4 Å². The van der Waals surface area contributed by atoms with Crippen LogP contribution < -0.4 is 0 Å². The molecule has 0 spiro atoms. The number of nitrogens with zero attached hydrogens (tertiary/aromatic N) is 4. The van der Waals surface area contributed by atoms with E-state index in [1.807, 2.05) is 206 Å². The van der Waals surface area contributed by atoms with Crippen LogP contribution in [0, 0.1) is 0 Å². The van der Waals surface area contributed by atoms with Crippen LogP contribution in [-0.4, -0.2) is 58.2 Å². The Morgan fingerprint density at radius 2 is 0.541 bits per heavy atom. The average molecular weight is 1160 g/mol. The Labute approximate surface area is 502 Å². The van der Waals surface area contributed by atoms with Gasteiger partial charge in [0.15, 0.2) is 0 Å². The normalized spacial score (nSPS) is 14.5. The first kappa shape index (κ1) is 53.2. The van der Waals surface area contributed by atoms with Gasteiger partial charge in [-0.25, -0.2) is 9.59 Å². The highest BCUT2D eigenvalue weighted by molar-refractivity contribution is 8.14. The molecule has 0 unspecified atom stereocenters. The fraction of sp³-hybridized carbons (Fsp3) is 0.0556. The van der Waals surface area contributed by atoms with Gasteiger partial charge in [-0.3, -0.25) is 9.59 Å². The van der Waals surface area contributed by atoms with Crippen LogP contribution in [0.3, 0.4) is 0 Å². The summed E-state index contributed by atoms with van der Waals surface area (Å²) in [6, 6.07) is 70.3. The Bertz CT molecular complexity index is 4330. The summed E-state index contributed by atoms with van der Waals surface area (Å²) >= 11 is 3.96. The molecule has 408 valence electrons. The van der Waals surface area contributed by atoms with Gasteiger partial charge in [-0.2, -0.15) is 0 Å². The van der Waals surface area contributed by atoms with Crippen molar-refractivity contribution in [2.45, 2.75) is 33.4 Å². The summed E-state index contributed by atoms with van der Waals surface area (Å²) in [6.07, 6.45) is 0. The zero-order valence-corrected chi connectivity index (χ0v) is 48.1. The molecule has 0 bridgehead atoms. The molecule has 0 radical (unpaired) electrons. The fourth-order valence-electron chi connectivity index (χ4n) is 11.7. The maximum absolute atomic E-state index is 14.3. The van der Waals surface area contributed by atoms with Crippen molar-refractivity contribution in [1.82, 2.24) is 0 Å². The molecule has 10 aromatic carbocycles. The molecule has 0 N–H and O–H groups in total. The summed E-state index contributed by atoms with van der Waals surface area (Å²) in [4.78, 5) is 58.5. The Balaban J connectivity index is 0.671. The van der Waals surface area contributed by atoms with Crippen LogP contribution in [0.2, 0.25) is 0 Å². The second kappa shape index (κ2) is 22.4. The molecule has 0 fully saturated rings. The van der Waals surface area contributed by atoms with Gasteiger partial charge in [0, 0.05) is 97.5 Å². The SMILES string of the molecule is CCOC(=O)c1cccc2c1-c1ccccc1/C2=N\N=C1/c2ccccc2-c2c(C(=O)Sc3ccc(Sc4ccc(SC(=O)c5cccc6c5-c5ccccc5/C6=N\N=C5/c6ccccc6-c6c(C(=O)OCC)cccc65)cc4)cc3)cccc21. The van der Waals surface area contributed by atoms with Crippen molar-refractivity contribution in [3.05, 3.63) is 285 Å². The lowest BCUT2D eigenvalue weighted by molar-refractivity contribution is 0.0517. The van der Waals surface area contributed by atoms with Crippen LogP contribution in [0.4, 0.5) is 0 Å². The summed E-state index contributed by atoms with van der Waals surface area (Å²) in [5.41, 5.74) is 18.3. The van der Waals surface area contributed by atoms with Crippen LogP contribution in [0.25, 0.3) is 44.5 Å². The lowest BCUT2D eigenvalue weighted by atomic mass is 9.99. The molecule has 0 saturated heterocycles. The van der Waals surface area contributed by atoms with Crippen LogP contribution in [0.5, 0.6) is 0 Å². The Morgan fingerprint density at radius 3 is 0.835 bits per heavy atom. The average Bonchev–Trinajstić information content (AvgIpc) is 2.13. The first-order chi connectivity index (χ1) is 41.8. The minimum Gasteiger partial charge on any atom is -0.462 e. The van der Waals surface area contributed by atoms with E-state index in [1.165, 1.54) is 23.5 Å². The molecular formula is C72H46N4O6S3. The molecule has 0 aromatic heterocycles. The van der Waals surface area contributed by atoms with Crippen LogP contribution in [0.15, 0.2) is 258 Å². The molecule has 13 heteroatoms. The van der Waals surface area contributed by atoms with Gasteiger partial charge >= 0.3 is 11.9 Å². The molecule has 0 aliphatic heterocycles. The molecule has 0 amide bonds. The van der Waals surface area contributed by atoms with E-state index in [1.54, 1.807) is 37.7 Å². The second-order valence-electron chi connectivity index (χ2n) is 20.2. The standard InChI is InChI=1S/C72H46N4O6S3/c1-3-81-69(77)57-29-13-25-53-61(57)45-17-5-9-21-49(45)65(53)73-75-67-51-23-11-7-19-47(51)63-55(67)27-15-31-59(63)71(79)84-43-37-33-41(34-38-43)83-42-35-39-44(40-36-42)85-72(80)60-32-16-28-56-64(60)48-20-8-12-24-52(48)68(56)76-74-66-50-22-10-6-18-46(50)62-54(66)26-14-30-58(62)70(78)82-4-2/h5-40H,3-4H2,1-2H3/b73-65+,74-66+,75-67+,76-68+. The lowest BCUT2D eigenvalue weighted by Gasteiger charge is -2.09. The third-order valence-electron chi connectivity index (χ3n) is 15.3. The molecule has 14 rings (SSSR count). The second-order valence-corrected chi connectivity index (χ2v) is 23.4. The van der Waals surface area contributed by atoms with Crippen molar-refractivity contribution in [3.63, 3.8) is 0 Å². The number of benzene rings is 10. The van der Waals surface area contributed by atoms with Crippen molar-refractivity contribution in [1.29, 1.82) is 0 Å². The van der Waals surface area contributed by atoms with Crippen molar-refractivity contribution >= 4 is 80.3 Å². The minimum atomic E-state index is -0.385. The molecule has 10 nitrogen and oxygen atoms in total. The van der Waals surface area contributed by atoms with E-state index in [0.717, 1.165) is 109 Å². The summed E-state index contributed by atoms with van der Waals surface area (Å²) in [7, 11) is 0. The zero-order chi connectivity index (χ0) is 57.7. The van der Waals surface area contributed by atoms with Crippen molar-refractivity contribution in [3.8, 4) is 44.5 Å². The van der Waals surface area contributed by atoms with Crippen LogP contribution in [-0.2, 0) is 9.47 Å². The lowest BCUT2D eigenvalue weighted by Crippen LogP contribution is -2.07. The number of ether oxygens (including phenoxy) is 2. The monoisotopic (exact) mass is 1160 g/mol. The number of hydrogen-bond donors (Lipinski definition) is 0. The first-order valence-electron chi connectivity index (χ1n) is 27.7. The maximum Gasteiger partial charge on any atom is 0.338 e. The minimum absolute atomic E-state index is 0.0920. The largest absolute Gasteiger partial charge is 0.462 e. The number of esters is 2. The van der Waals surface area contributed by atoms with E-state index >= 15 is 0 Å². The van der Waals surface area contributed by atoms with Gasteiger partial charge in [-0.05, 0) is 132 Å². The van der Waals surface area contributed by atoms with E-state index in [9.17, 15) is 19.2 Å². The Kier molecular flexibility index (Phi) is 14.0.